The molecule has 1 saturated carbocycles. The van der Waals surface area contributed by atoms with Crippen molar-refractivity contribution in [1.29, 1.82) is 0 Å². The Morgan fingerprint density at radius 2 is 1.95 bits per heavy atom. The number of benzene rings is 1. The van der Waals surface area contributed by atoms with Crippen molar-refractivity contribution in [1.82, 2.24) is 0 Å². The van der Waals surface area contributed by atoms with Gasteiger partial charge in [0.15, 0.2) is 0 Å². The van der Waals surface area contributed by atoms with Gasteiger partial charge < -0.3 is 10.0 Å². The Morgan fingerprint density at radius 3 is 2.74 bits per heavy atom. The van der Waals surface area contributed by atoms with Crippen LogP contribution < -0.4 is 4.90 Å². The van der Waals surface area contributed by atoms with Crippen molar-refractivity contribution >= 4 is 5.69 Å². The lowest BCUT2D eigenvalue weighted by Crippen LogP contribution is -2.47. The molecule has 3 rings (SSSR count). The first kappa shape index (κ1) is 13.0. The van der Waals surface area contributed by atoms with Crippen molar-refractivity contribution in [2.75, 3.05) is 11.4 Å². The van der Waals surface area contributed by atoms with Crippen LogP contribution in [0.25, 0.3) is 0 Å². The molecule has 1 aromatic carbocycles. The van der Waals surface area contributed by atoms with E-state index in [-0.39, 0.29) is 6.61 Å². The molecule has 2 heteroatoms. The Bertz CT molecular complexity index is 441. The molecule has 0 bridgehead atoms. The highest BCUT2D eigenvalue weighted by molar-refractivity contribution is 5.55. The van der Waals surface area contributed by atoms with Crippen molar-refractivity contribution in [2.24, 2.45) is 5.92 Å². The highest BCUT2D eigenvalue weighted by atomic mass is 16.3. The minimum Gasteiger partial charge on any atom is -0.392 e. The molecule has 19 heavy (non-hydrogen) atoms. The van der Waals surface area contributed by atoms with Gasteiger partial charge in [0, 0.05) is 18.3 Å². The van der Waals surface area contributed by atoms with Gasteiger partial charge in [-0.2, -0.15) is 0 Å². The van der Waals surface area contributed by atoms with Crippen LogP contribution in [-0.2, 0) is 6.61 Å². The summed E-state index contributed by atoms with van der Waals surface area (Å²) in [5, 5.41) is 9.24. The van der Waals surface area contributed by atoms with Crippen LogP contribution in [0.15, 0.2) is 18.2 Å². The van der Waals surface area contributed by atoms with Crippen molar-refractivity contribution in [3.8, 4) is 0 Å². The molecule has 104 valence electrons. The number of rotatable bonds is 2. The lowest BCUT2D eigenvalue weighted by Gasteiger charge is -2.46. The fourth-order valence-corrected chi connectivity index (χ4v) is 4.06. The molecule has 0 spiro atoms. The zero-order valence-corrected chi connectivity index (χ0v) is 11.9. The molecular weight excluding hydrogens is 234 g/mol. The number of hydrogen-bond donors (Lipinski definition) is 1. The van der Waals surface area contributed by atoms with E-state index >= 15 is 0 Å². The SMILES string of the molecule is Cc1cc(CO)ccc1N1CCCC2CCCCC21. The van der Waals surface area contributed by atoms with Crippen LogP contribution in [-0.4, -0.2) is 17.7 Å². The molecule has 1 aliphatic carbocycles. The summed E-state index contributed by atoms with van der Waals surface area (Å²) in [6.45, 7) is 3.54. The van der Waals surface area contributed by atoms with Crippen molar-refractivity contribution in [3.63, 3.8) is 0 Å². The van der Waals surface area contributed by atoms with Gasteiger partial charge in [-0.25, -0.2) is 0 Å². The van der Waals surface area contributed by atoms with Gasteiger partial charge in [0.05, 0.1) is 6.61 Å². The third kappa shape index (κ3) is 2.51. The first-order valence-corrected chi connectivity index (χ1v) is 7.76. The quantitative estimate of drug-likeness (QED) is 0.876. The summed E-state index contributed by atoms with van der Waals surface area (Å²) in [5.41, 5.74) is 3.74. The average molecular weight is 259 g/mol. The summed E-state index contributed by atoms with van der Waals surface area (Å²) in [5.74, 6) is 0.916. The number of aliphatic hydroxyl groups is 1. The number of piperidine rings is 1. The van der Waals surface area contributed by atoms with Gasteiger partial charge in [-0.3, -0.25) is 0 Å². The molecule has 2 atom stereocenters. The van der Waals surface area contributed by atoms with Crippen molar-refractivity contribution < 1.29 is 5.11 Å². The van der Waals surface area contributed by atoms with Gasteiger partial charge in [-0.1, -0.05) is 25.0 Å². The van der Waals surface area contributed by atoms with Crippen molar-refractivity contribution in [2.45, 2.75) is 58.1 Å². The molecule has 0 aromatic heterocycles. The molecule has 2 unspecified atom stereocenters. The molecule has 0 amide bonds. The molecule has 2 fully saturated rings. The normalized spacial score (nSPS) is 27.2. The Labute approximate surface area is 116 Å². The second-order valence-corrected chi connectivity index (χ2v) is 6.23. The Kier molecular flexibility index (Phi) is 3.79. The first-order chi connectivity index (χ1) is 9.29. The van der Waals surface area contributed by atoms with Gasteiger partial charge in [0.25, 0.3) is 0 Å². The van der Waals surface area contributed by atoms with Crippen LogP contribution in [0.4, 0.5) is 5.69 Å². The third-order valence-corrected chi connectivity index (χ3v) is 5.00. The fourth-order valence-electron chi connectivity index (χ4n) is 4.06. The molecule has 0 radical (unpaired) electrons. The maximum Gasteiger partial charge on any atom is 0.0681 e. The molecule has 1 aromatic rings. The predicted octanol–water partition coefficient (Wildman–Crippen LogP) is 3.65. The molecular formula is C17H25NO. The van der Waals surface area contributed by atoms with Crippen LogP contribution in [0.5, 0.6) is 0 Å². The fraction of sp³-hybridized carbons (Fsp3) is 0.647. The second kappa shape index (κ2) is 5.54. The van der Waals surface area contributed by atoms with E-state index in [1.165, 1.54) is 56.3 Å². The Hall–Kier alpha value is -1.02. The van der Waals surface area contributed by atoms with E-state index in [2.05, 4.69) is 30.0 Å². The van der Waals surface area contributed by atoms with E-state index in [9.17, 15) is 5.11 Å². The van der Waals surface area contributed by atoms with Gasteiger partial charge in [0.2, 0.25) is 0 Å². The molecule has 2 aliphatic rings. The molecule has 2 nitrogen and oxygen atoms in total. The minimum atomic E-state index is 0.146. The molecule has 1 saturated heterocycles. The van der Waals surface area contributed by atoms with Crippen LogP contribution >= 0.6 is 0 Å². The second-order valence-electron chi connectivity index (χ2n) is 6.23. The van der Waals surface area contributed by atoms with Gasteiger partial charge in [0.1, 0.15) is 0 Å². The zero-order valence-electron chi connectivity index (χ0n) is 11.9. The van der Waals surface area contributed by atoms with Crippen LogP contribution in [0, 0.1) is 12.8 Å². The van der Waals surface area contributed by atoms with E-state index in [0.717, 1.165) is 17.5 Å². The first-order valence-electron chi connectivity index (χ1n) is 7.76. The standard InChI is InChI=1S/C17H25NO/c1-13-11-14(12-19)8-9-16(13)18-10-4-6-15-5-2-3-7-17(15)18/h8-9,11,15,17,19H,2-7,10,12H2,1H3. The smallest absolute Gasteiger partial charge is 0.0681 e. The average Bonchev–Trinajstić information content (AvgIpc) is 2.46. The maximum absolute atomic E-state index is 9.24. The van der Waals surface area contributed by atoms with Gasteiger partial charge in [-0.15, -0.1) is 0 Å². The summed E-state index contributed by atoms with van der Waals surface area (Å²) >= 11 is 0. The lowest BCUT2D eigenvalue weighted by atomic mass is 9.78. The minimum absolute atomic E-state index is 0.146. The van der Waals surface area contributed by atoms with Crippen LogP contribution in [0.3, 0.4) is 0 Å². The summed E-state index contributed by atoms with van der Waals surface area (Å²) in [6.07, 6.45) is 8.38. The number of anilines is 1. The molecule has 1 N–H and O–H groups in total. The molecule has 1 heterocycles. The highest BCUT2D eigenvalue weighted by Crippen LogP contribution is 2.38. The highest BCUT2D eigenvalue weighted by Gasteiger charge is 2.33. The largest absolute Gasteiger partial charge is 0.392 e. The van der Waals surface area contributed by atoms with Gasteiger partial charge >= 0.3 is 0 Å². The van der Waals surface area contributed by atoms with Crippen molar-refractivity contribution in [3.05, 3.63) is 29.3 Å². The summed E-state index contributed by atoms with van der Waals surface area (Å²) in [7, 11) is 0. The number of aryl methyl sites for hydroxylation is 1. The third-order valence-electron chi connectivity index (χ3n) is 5.00. The number of nitrogens with zero attached hydrogens (tertiary/aromatic N) is 1. The number of fused-ring (bicyclic) bond motifs is 1. The summed E-state index contributed by atoms with van der Waals surface area (Å²) < 4.78 is 0. The van der Waals surface area contributed by atoms with E-state index in [0.29, 0.717) is 0 Å². The van der Waals surface area contributed by atoms with Gasteiger partial charge in [-0.05, 0) is 55.7 Å². The monoisotopic (exact) mass is 259 g/mol. The predicted molar refractivity (Wildman–Crippen MR) is 79.4 cm³/mol. The van der Waals surface area contributed by atoms with E-state index in [1.54, 1.807) is 0 Å². The zero-order chi connectivity index (χ0) is 13.2. The number of hydrogen-bond acceptors (Lipinski definition) is 2. The topological polar surface area (TPSA) is 23.5 Å². The van der Waals surface area contributed by atoms with Crippen LogP contribution in [0.2, 0.25) is 0 Å². The maximum atomic E-state index is 9.24. The molecule has 1 aliphatic heterocycles. The van der Waals surface area contributed by atoms with Crippen LogP contribution in [0.1, 0.15) is 49.7 Å². The summed E-state index contributed by atoms with van der Waals surface area (Å²) in [4.78, 5) is 2.66. The number of aliphatic hydroxyl groups excluding tert-OH is 1. The Morgan fingerprint density at radius 1 is 1.16 bits per heavy atom. The van der Waals surface area contributed by atoms with E-state index in [4.69, 9.17) is 0 Å². The summed E-state index contributed by atoms with van der Waals surface area (Å²) in [6, 6.07) is 7.20. The lowest BCUT2D eigenvalue weighted by molar-refractivity contribution is 0.243. The Balaban J connectivity index is 1.87. The van der Waals surface area contributed by atoms with E-state index in [1.807, 2.05) is 0 Å². The van der Waals surface area contributed by atoms with E-state index < -0.39 is 0 Å².